The molecular formula is C21H20N4O2. The molecule has 6 nitrogen and oxygen atoms in total. The molecule has 0 aliphatic rings. The van der Waals surface area contributed by atoms with E-state index in [0.29, 0.717) is 17.8 Å². The average molecular weight is 360 g/mol. The molecule has 136 valence electrons. The number of ether oxygens (including phenoxy) is 1. The zero-order valence-electron chi connectivity index (χ0n) is 15.3. The van der Waals surface area contributed by atoms with Gasteiger partial charge in [-0.2, -0.15) is 10.4 Å². The first-order valence-corrected chi connectivity index (χ1v) is 8.56. The Balaban J connectivity index is 2.05. The average Bonchev–Trinajstić information content (AvgIpc) is 3.17. The number of carbonyl (C=O) groups excluding carboxylic acids is 1. The summed E-state index contributed by atoms with van der Waals surface area (Å²) in [4.78, 5) is 14.5. The smallest absolute Gasteiger partial charge is 0.257 e. The number of para-hydroxylation sites is 1. The van der Waals surface area contributed by atoms with E-state index in [4.69, 9.17) is 10.00 Å². The van der Waals surface area contributed by atoms with Crippen LogP contribution in [0.3, 0.4) is 0 Å². The van der Waals surface area contributed by atoms with Gasteiger partial charge in [0.15, 0.2) is 0 Å². The minimum Gasteiger partial charge on any atom is -0.497 e. The molecule has 2 aromatic carbocycles. The number of carbonyl (C=O) groups is 1. The Labute approximate surface area is 158 Å². The lowest BCUT2D eigenvalue weighted by molar-refractivity contribution is 0.0798. The molecule has 1 aromatic heterocycles. The fourth-order valence-corrected chi connectivity index (χ4v) is 2.73. The van der Waals surface area contributed by atoms with E-state index in [1.807, 2.05) is 54.6 Å². The third-order valence-corrected chi connectivity index (χ3v) is 4.23. The van der Waals surface area contributed by atoms with Crippen molar-refractivity contribution in [3.05, 3.63) is 66.4 Å². The summed E-state index contributed by atoms with van der Waals surface area (Å²) in [5.41, 5.74) is 2.77. The molecule has 0 aliphatic heterocycles. The van der Waals surface area contributed by atoms with Gasteiger partial charge in [0.05, 0.1) is 30.9 Å². The Bertz CT molecular complexity index is 956. The van der Waals surface area contributed by atoms with E-state index < -0.39 is 0 Å². The third kappa shape index (κ3) is 3.98. The predicted molar refractivity (Wildman–Crippen MR) is 103 cm³/mol. The summed E-state index contributed by atoms with van der Waals surface area (Å²) in [6.45, 7) is 0.369. The molecule has 3 aromatic rings. The largest absolute Gasteiger partial charge is 0.497 e. The Kier molecular flexibility index (Phi) is 5.53. The first kappa shape index (κ1) is 18.2. The summed E-state index contributed by atoms with van der Waals surface area (Å²) < 4.78 is 6.91. The molecule has 0 saturated carbocycles. The van der Waals surface area contributed by atoms with Crippen LogP contribution < -0.4 is 4.74 Å². The maximum Gasteiger partial charge on any atom is 0.257 e. The lowest BCUT2D eigenvalue weighted by Gasteiger charge is -2.15. The zero-order valence-corrected chi connectivity index (χ0v) is 15.3. The summed E-state index contributed by atoms with van der Waals surface area (Å²) >= 11 is 0. The predicted octanol–water partition coefficient (Wildman–Crippen LogP) is 3.53. The van der Waals surface area contributed by atoms with Crippen LogP contribution in [0.4, 0.5) is 0 Å². The normalized spacial score (nSPS) is 10.3. The fraction of sp³-hybridized carbons (Fsp3) is 0.190. The van der Waals surface area contributed by atoms with Gasteiger partial charge in [0.1, 0.15) is 11.4 Å². The van der Waals surface area contributed by atoms with Crippen molar-refractivity contribution >= 4 is 5.91 Å². The van der Waals surface area contributed by atoms with E-state index in [-0.39, 0.29) is 12.3 Å². The van der Waals surface area contributed by atoms with Gasteiger partial charge in [-0.15, -0.1) is 0 Å². The molecule has 1 amide bonds. The van der Waals surface area contributed by atoms with Crippen molar-refractivity contribution in [1.82, 2.24) is 14.7 Å². The maximum atomic E-state index is 13.0. The molecule has 0 N–H and O–H groups in total. The topological polar surface area (TPSA) is 71.2 Å². The molecule has 0 aliphatic carbocycles. The van der Waals surface area contributed by atoms with Gasteiger partial charge >= 0.3 is 0 Å². The summed E-state index contributed by atoms with van der Waals surface area (Å²) in [5, 5.41) is 13.4. The van der Waals surface area contributed by atoms with Crippen molar-refractivity contribution in [2.75, 3.05) is 20.7 Å². The van der Waals surface area contributed by atoms with Gasteiger partial charge in [-0.1, -0.05) is 18.2 Å². The Morgan fingerprint density at radius 3 is 2.52 bits per heavy atom. The maximum absolute atomic E-state index is 13.0. The molecular weight excluding hydrogens is 340 g/mol. The van der Waals surface area contributed by atoms with Crippen LogP contribution in [-0.2, 0) is 0 Å². The van der Waals surface area contributed by atoms with Crippen LogP contribution in [0.25, 0.3) is 16.9 Å². The van der Waals surface area contributed by atoms with E-state index in [9.17, 15) is 4.79 Å². The van der Waals surface area contributed by atoms with E-state index in [2.05, 4.69) is 11.2 Å². The number of methoxy groups -OCH3 is 1. The number of nitrogens with zero attached hydrogens (tertiary/aromatic N) is 4. The Morgan fingerprint density at radius 2 is 1.89 bits per heavy atom. The molecule has 27 heavy (non-hydrogen) atoms. The van der Waals surface area contributed by atoms with Gasteiger partial charge in [0.2, 0.25) is 0 Å². The minimum absolute atomic E-state index is 0.168. The Hall–Kier alpha value is -3.59. The summed E-state index contributed by atoms with van der Waals surface area (Å²) in [6, 6.07) is 19.1. The van der Waals surface area contributed by atoms with Gasteiger partial charge < -0.3 is 9.64 Å². The van der Waals surface area contributed by atoms with Gasteiger partial charge in [-0.25, -0.2) is 4.68 Å². The van der Waals surface area contributed by atoms with Crippen LogP contribution in [-0.4, -0.2) is 41.3 Å². The quantitative estimate of drug-likeness (QED) is 0.674. The highest BCUT2D eigenvalue weighted by atomic mass is 16.5. The van der Waals surface area contributed by atoms with Crippen LogP contribution in [0, 0.1) is 11.3 Å². The summed E-state index contributed by atoms with van der Waals surface area (Å²) in [7, 11) is 3.30. The lowest BCUT2D eigenvalue weighted by Crippen LogP contribution is -2.27. The zero-order chi connectivity index (χ0) is 19.2. The number of aromatic nitrogens is 2. The first-order chi connectivity index (χ1) is 13.1. The molecule has 0 radical (unpaired) electrons. The molecule has 6 heteroatoms. The molecule has 0 bridgehead atoms. The molecule has 0 saturated heterocycles. The van der Waals surface area contributed by atoms with Crippen molar-refractivity contribution in [3.63, 3.8) is 0 Å². The number of hydrogen-bond acceptors (Lipinski definition) is 4. The highest BCUT2D eigenvalue weighted by Gasteiger charge is 2.21. The minimum atomic E-state index is -0.168. The molecule has 0 atom stereocenters. The molecule has 3 rings (SSSR count). The molecule has 1 heterocycles. The number of amides is 1. The number of nitriles is 1. The lowest BCUT2D eigenvalue weighted by atomic mass is 10.1. The highest BCUT2D eigenvalue weighted by Crippen LogP contribution is 2.26. The third-order valence-electron chi connectivity index (χ3n) is 4.23. The van der Waals surface area contributed by atoms with Gasteiger partial charge in [-0.3, -0.25) is 4.79 Å². The van der Waals surface area contributed by atoms with Crippen molar-refractivity contribution in [3.8, 4) is 28.8 Å². The monoisotopic (exact) mass is 360 g/mol. The van der Waals surface area contributed by atoms with Crippen molar-refractivity contribution in [2.24, 2.45) is 0 Å². The van der Waals surface area contributed by atoms with Gasteiger partial charge in [-0.05, 0) is 36.4 Å². The van der Waals surface area contributed by atoms with Crippen LogP contribution in [0.5, 0.6) is 5.75 Å². The van der Waals surface area contributed by atoms with Gasteiger partial charge in [0, 0.05) is 25.4 Å². The standard InChI is InChI=1S/C21H20N4O2/c1-24(14-6-13-22)21(26)19-15-25(17-7-4-3-5-8-17)23-20(19)16-9-11-18(27-2)12-10-16/h3-5,7-12,15H,6,14H2,1-2H3. The van der Waals surface area contributed by atoms with Crippen LogP contribution in [0.1, 0.15) is 16.8 Å². The number of benzene rings is 2. The number of rotatable bonds is 6. The number of hydrogen-bond donors (Lipinski definition) is 0. The second kappa shape index (κ2) is 8.19. The molecule has 0 unspecified atom stereocenters. The SMILES string of the molecule is COc1ccc(-c2nn(-c3ccccc3)cc2C(=O)N(C)CCC#N)cc1. The van der Waals surface area contributed by atoms with Crippen molar-refractivity contribution < 1.29 is 9.53 Å². The fourth-order valence-electron chi connectivity index (χ4n) is 2.73. The van der Waals surface area contributed by atoms with Crippen LogP contribution in [0.2, 0.25) is 0 Å². The second-order valence-electron chi connectivity index (χ2n) is 6.03. The second-order valence-corrected chi connectivity index (χ2v) is 6.03. The van der Waals surface area contributed by atoms with E-state index in [1.54, 1.807) is 29.9 Å². The van der Waals surface area contributed by atoms with E-state index in [0.717, 1.165) is 17.0 Å². The van der Waals surface area contributed by atoms with Crippen molar-refractivity contribution in [1.29, 1.82) is 5.26 Å². The Morgan fingerprint density at radius 1 is 1.19 bits per heavy atom. The first-order valence-electron chi connectivity index (χ1n) is 8.56. The van der Waals surface area contributed by atoms with Crippen LogP contribution >= 0.6 is 0 Å². The summed E-state index contributed by atoms with van der Waals surface area (Å²) in [6.07, 6.45) is 2.02. The van der Waals surface area contributed by atoms with E-state index >= 15 is 0 Å². The van der Waals surface area contributed by atoms with E-state index in [1.165, 1.54) is 0 Å². The summed E-state index contributed by atoms with van der Waals surface area (Å²) in [5.74, 6) is 0.568. The molecule has 0 fully saturated rings. The van der Waals surface area contributed by atoms with Crippen molar-refractivity contribution in [2.45, 2.75) is 6.42 Å². The van der Waals surface area contributed by atoms with Gasteiger partial charge in [0.25, 0.3) is 5.91 Å². The molecule has 0 spiro atoms. The van der Waals surface area contributed by atoms with Crippen LogP contribution in [0.15, 0.2) is 60.8 Å². The highest BCUT2D eigenvalue weighted by molar-refractivity contribution is 5.99.